The van der Waals surface area contributed by atoms with Crippen LogP contribution in [-0.2, 0) is 14.8 Å². The van der Waals surface area contributed by atoms with Crippen LogP contribution < -0.4 is 10.1 Å². The highest BCUT2D eigenvalue weighted by Crippen LogP contribution is 2.31. The molecule has 6 nitrogen and oxygen atoms in total. The van der Waals surface area contributed by atoms with Gasteiger partial charge in [-0.1, -0.05) is 42.5 Å². The van der Waals surface area contributed by atoms with E-state index in [2.05, 4.69) is 5.32 Å². The highest BCUT2D eigenvalue weighted by atomic mass is 32.2. The smallest absolute Gasteiger partial charge is 0.243 e. The van der Waals surface area contributed by atoms with E-state index in [-0.39, 0.29) is 17.2 Å². The van der Waals surface area contributed by atoms with Crippen molar-refractivity contribution in [1.82, 2.24) is 4.31 Å². The summed E-state index contributed by atoms with van der Waals surface area (Å²) in [4.78, 5) is 14.1. The Morgan fingerprint density at radius 3 is 2.25 bits per heavy atom. The van der Waals surface area contributed by atoms with E-state index in [9.17, 15) is 13.2 Å². The molecular weight excluding hydrogens is 444 g/mol. The van der Waals surface area contributed by atoms with Crippen LogP contribution in [-0.4, -0.2) is 39.0 Å². The van der Waals surface area contributed by atoms with Crippen molar-refractivity contribution in [2.75, 3.05) is 25.7 Å². The molecule has 1 N–H and O–H groups in total. The van der Waals surface area contributed by atoms with Gasteiger partial charge >= 0.3 is 0 Å². The van der Waals surface area contributed by atoms with Crippen molar-refractivity contribution in [1.29, 1.82) is 0 Å². The highest BCUT2D eigenvalue weighted by Gasteiger charge is 2.31. The number of thioether (sulfide) groups is 1. The number of para-hydroxylation sites is 1. The molecule has 0 aliphatic rings. The summed E-state index contributed by atoms with van der Waals surface area (Å²) in [5.74, 6) is 0.377. The number of nitrogens with one attached hydrogen (secondary N) is 1. The number of carbonyl (C=O) groups excluding carboxylic acids is 1. The van der Waals surface area contributed by atoms with Crippen LogP contribution in [0.25, 0.3) is 0 Å². The van der Waals surface area contributed by atoms with Crippen molar-refractivity contribution in [3.63, 3.8) is 0 Å². The maximum atomic E-state index is 13.3. The highest BCUT2D eigenvalue weighted by molar-refractivity contribution is 7.98. The number of hydrogen-bond acceptors (Lipinski definition) is 5. The van der Waals surface area contributed by atoms with Gasteiger partial charge in [0.2, 0.25) is 15.9 Å². The molecule has 1 amide bonds. The molecule has 0 fully saturated rings. The second-order valence-corrected chi connectivity index (χ2v) is 9.92. The third-order valence-corrected chi connectivity index (χ3v) is 7.80. The molecule has 0 saturated carbocycles. The van der Waals surface area contributed by atoms with Crippen molar-refractivity contribution >= 4 is 33.4 Å². The first kappa shape index (κ1) is 23.8. The Morgan fingerprint density at radius 1 is 1.00 bits per heavy atom. The lowest BCUT2D eigenvalue weighted by Gasteiger charge is -2.28. The van der Waals surface area contributed by atoms with Gasteiger partial charge in [0, 0.05) is 18.4 Å². The van der Waals surface area contributed by atoms with Crippen molar-refractivity contribution in [3.05, 3.63) is 84.4 Å². The molecule has 0 aliphatic heterocycles. The summed E-state index contributed by atoms with van der Waals surface area (Å²) in [5, 5.41) is 2.92. The van der Waals surface area contributed by atoms with E-state index < -0.39 is 16.1 Å². The van der Waals surface area contributed by atoms with Gasteiger partial charge in [0.1, 0.15) is 5.75 Å². The van der Waals surface area contributed by atoms with E-state index in [0.717, 1.165) is 4.90 Å². The second-order valence-electron chi connectivity index (χ2n) is 7.08. The van der Waals surface area contributed by atoms with Crippen molar-refractivity contribution in [2.24, 2.45) is 0 Å². The fraction of sp³-hybridized carbons (Fsp3) is 0.208. The second kappa shape index (κ2) is 10.7. The minimum atomic E-state index is -3.82. The molecular formula is C24H26N2O4S2. The Morgan fingerprint density at radius 2 is 1.62 bits per heavy atom. The summed E-state index contributed by atoms with van der Waals surface area (Å²) in [5.41, 5.74) is 1.40. The number of rotatable bonds is 9. The first-order valence-electron chi connectivity index (χ1n) is 9.96. The number of methoxy groups -OCH3 is 1. The van der Waals surface area contributed by atoms with Crippen LogP contribution in [0.5, 0.6) is 5.75 Å². The SMILES string of the molecule is COc1ccc([C@H](CC(=O)Nc2ccccc2SC)N(C)S(=O)(=O)c2ccccc2)cc1. The molecule has 32 heavy (non-hydrogen) atoms. The maximum Gasteiger partial charge on any atom is 0.243 e. The zero-order valence-corrected chi connectivity index (χ0v) is 19.8. The molecule has 0 saturated heterocycles. The number of benzene rings is 3. The third kappa shape index (κ3) is 5.51. The summed E-state index contributed by atoms with van der Waals surface area (Å²) < 4.78 is 33.0. The topological polar surface area (TPSA) is 75.7 Å². The maximum absolute atomic E-state index is 13.3. The molecule has 3 aromatic rings. The molecule has 0 aromatic heterocycles. The quantitative estimate of drug-likeness (QED) is 0.454. The normalized spacial score (nSPS) is 12.4. The van der Waals surface area contributed by atoms with Crippen molar-refractivity contribution in [3.8, 4) is 5.75 Å². The van der Waals surface area contributed by atoms with Gasteiger partial charge in [0.05, 0.1) is 23.7 Å². The predicted octanol–water partition coefficient (Wildman–Crippen LogP) is 4.81. The van der Waals surface area contributed by atoms with Gasteiger partial charge in [-0.05, 0) is 48.2 Å². The van der Waals surface area contributed by atoms with Crippen molar-refractivity contribution < 1.29 is 17.9 Å². The number of ether oxygens (including phenoxy) is 1. The number of amides is 1. The fourth-order valence-corrected chi connectivity index (χ4v) is 5.25. The zero-order valence-electron chi connectivity index (χ0n) is 18.2. The van der Waals surface area contributed by atoms with E-state index in [1.54, 1.807) is 61.7 Å². The Balaban J connectivity index is 1.92. The molecule has 3 rings (SSSR count). The van der Waals surface area contributed by atoms with Crippen LogP contribution in [0.2, 0.25) is 0 Å². The third-order valence-electron chi connectivity index (χ3n) is 5.12. The van der Waals surface area contributed by atoms with Crippen molar-refractivity contribution in [2.45, 2.75) is 22.3 Å². The Hall–Kier alpha value is -2.81. The minimum Gasteiger partial charge on any atom is -0.497 e. The van der Waals surface area contributed by atoms with Gasteiger partial charge in [0.15, 0.2) is 0 Å². The predicted molar refractivity (Wildman–Crippen MR) is 129 cm³/mol. The minimum absolute atomic E-state index is 0.0440. The lowest BCUT2D eigenvalue weighted by molar-refractivity contribution is -0.117. The molecule has 0 bridgehead atoms. The number of anilines is 1. The van der Waals surface area contributed by atoms with Crippen LogP contribution in [0, 0.1) is 0 Å². The van der Waals surface area contributed by atoms with Crippen LogP contribution in [0.15, 0.2) is 88.7 Å². The average Bonchev–Trinajstić information content (AvgIpc) is 2.83. The molecule has 0 unspecified atom stereocenters. The molecule has 3 aromatic carbocycles. The first-order chi connectivity index (χ1) is 15.4. The van der Waals surface area contributed by atoms with Gasteiger partial charge in [0.25, 0.3) is 0 Å². The van der Waals surface area contributed by atoms with Gasteiger partial charge in [-0.2, -0.15) is 4.31 Å². The van der Waals surface area contributed by atoms with Gasteiger partial charge in [-0.3, -0.25) is 4.79 Å². The summed E-state index contributed by atoms with van der Waals surface area (Å²) >= 11 is 1.53. The number of sulfonamides is 1. The number of carbonyl (C=O) groups is 1. The molecule has 1 atom stereocenters. The molecule has 8 heteroatoms. The number of hydrogen-bond donors (Lipinski definition) is 1. The molecule has 0 heterocycles. The van der Waals surface area contributed by atoms with Gasteiger partial charge in [-0.15, -0.1) is 11.8 Å². The van der Waals surface area contributed by atoms with Gasteiger partial charge < -0.3 is 10.1 Å². The molecule has 0 radical (unpaired) electrons. The van der Waals surface area contributed by atoms with E-state index >= 15 is 0 Å². The summed E-state index contributed by atoms with van der Waals surface area (Å²) in [7, 11) is -0.750. The molecule has 0 spiro atoms. The summed E-state index contributed by atoms with van der Waals surface area (Å²) in [6, 6.07) is 22.1. The first-order valence-corrected chi connectivity index (χ1v) is 12.6. The summed E-state index contributed by atoms with van der Waals surface area (Å²) in [6.07, 6.45) is 1.89. The van der Waals surface area contributed by atoms with Crippen LogP contribution in [0.4, 0.5) is 5.69 Å². The van der Waals surface area contributed by atoms with Crippen LogP contribution in [0.3, 0.4) is 0 Å². The molecule has 168 valence electrons. The van der Waals surface area contributed by atoms with Crippen LogP contribution >= 0.6 is 11.8 Å². The Kier molecular flexibility index (Phi) is 7.95. The summed E-state index contributed by atoms with van der Waals surface area (Å²) in [6.45, 7) is 0. The number of nitrogens with zero attached hydrogens (tertiary/aromatic N) is 1. The largest absolute Gasteiger partial charge is 0.497 e. The van der Waals surface area contributed by atoms with Crippen LogP contribution in [0.1, 0.15) is 18.0 Å². The van der Waals surface area contributed by atoms with Gasteiger partial charge in [-0.25, -0.2) is 8.42 Å². The van der Waals surface area contributed by atoms with E-state index in [0.29, 0.717) is 17.0 Å². The average molecular weight is 471 g/mol. The lowest BCUT2D eigenvalue weighted by Crippen LogP contribution is -2.33. The molecule has 0 aliphatic carbocycles. The monoisotopic (exact) mass is 470 g/mol. The zero-order chi connectivity index (χ0) is 23.1. The fourth-order valence-electron chi connectivity index (χ4n) is 3.33. The van der Waals surface area contributed by atoms with E-state index in [1.807, 2.05) is 30.5 Å². The Bertz CT molecular complexity index is 1150. The van der Waals surface area contributed by atoms with E-state index in [1.165, 1.54) is 23.1 Å². The lowest BCUT2D eigenvalue weighted by atomic mass is 10.0. The van der Waals surface area contributed by atoms with E-state index in [4.69, 9.17) is 4.74 Å². The standard InChI is InChI=1S/C24H26N2O4S2/c1-26(32(28,29)20-9-5-4-6-10-20)22(18-13-15-19(30-2)16-14-18)17-24(27)25-21-11-7-8-12-23(21)31-3/h4-16,22H,17H2,1-3H3,(H,25,27)/t22-/m0/s1. The Labute approximate surface area is 193 Å².